The van der Waals surface area contributed by atoms with Gasteiger partial charge in [-0.3, -0.25) is 4.79 Å². The Morgan fingerprint density at radius 1 is 1.21 bits per heavy atom. The van der Waals surface area contributed by atoms with Crippen LogP contribution in [0.3, 0.4) is 0 Å². The molecule has 1 aliphatic heterocycles. The molecule has 7 heteroatoms. The zero-order valence-electron chi connectivity index (χ0n) is 11.5. The highest BCUT2D eigenvalue weighted by Gasteiger charge is 2.45. The molecule has 1 saturated heterocycles. The van der Waals surface area contributed by atoms with E-state index in [1.54, 1.807) is 6.26 Å². The fraction of sp³-hybridized carbons (Fsp3) is 0.833. The number of hydrogen-bond donors (Lipinski definition) is 3. The van der Waals surface area contributed by atoms with Crippen LogP contribution in [-0.4, -0.2) is 63.0 Å². The summed E-state index contributed by atoms with van der Waals surface area (Å²) in [5, 5.41) is 29.6. The molecule has 0 aromatic carbocycles. The van der Waals surface area contributed by atoms with Gasteiger partial charge in [0.1, 0.15) is 29.9 Å². The second-order valence-electron chi connectivity index (χ2n) is 4.84. The molecule has 6 nitrogen and oxygen atoms in total. The van der Waals surface area contributed by atoms with E-state index in [0.717, 1.165) is 0 Å². The highest BCUT2D eigenvalue weighted by molar-refractivity contribution is 7.99. The zero-order chi connectivity index (χ0) is 14.7. The van der Waals surface area contributed by atoms with Crippen molar-refractivity contribution in [2.24, 2.45) is 10.9 Å². The third-order valence-electron chi connectivity index (χ3n) is 2.97. The number of aliphatic imine (C=N–C) groups is 1. The lowest BCUT2D eigenvalue weighted by Crippen LogP contribution is -2.59. The van der Waals surface area contributed by atoms with Crippen molar-refractivity contribution in [1.82, 2.24) is 0 Å². The van der Waals surface area contributed by atoms with Gasteiger partial charge in [0, 0.05) is 6.92 Å². The lowest BCUT2D eigenvalue weighted by atomic mass is 9.91. The molecule has 0 aromatic heterocycles. The Balaban J connectivity index is 3.05. The lowest BCUT2D eigenvalue weighted by molar-refractivity contribution is -0.179. The van der Waals surface area contributed by atoms with Crippen molar-refractivity contribution in [2.75, 3.05) is 6.26 Å². The normalized spacial score (nSPS) is 36.6. The molecule has 5 atom stereocenters. The lowest BCUT2D eigenvalue weighted by Gasteiger charge is -2.41. The fourth-order valence-electron chi connectivity index (χ4n) is 1.99. The van der Waals surface area contributed by atoms with Gasteiger partial charge < -0.3 is 20.1 Å². The number of nitrogens with zero attached hydrogens (tertiary/aromatic N) is 1. The predicted molar refractivity (Wildman–Crippen MR) is 73.2 cm³/mol. The van der Waals surface area contributed by atoms with Crippen LogP contribution in [0.2, 0.25) is 0 Å². The van der Waals surface area contributed by atoms with Gasteiger partial charge in [0.05, 0.1) is 5.71 Å². The Labute approximate surface area is 116 Å². The van der Waals surface area contributed by atoms with Crippen LogP contribution < -0.4 is 0 Å². The number of ether oxygens (including phenoxy) is 1. The van der Waals surface area contributed by atoms with Crippen LogP contribution in [0.5, 0.6) is 0 Å². The Kier molecular flexibility index (Phi) is 5.94. The number of hydrogen-bond acceptors (Lipinski definition) is 6. The molecule has 0 radical (unpaired) electrons. The summed E-state index contributed by atoms with van der Waals surface area (Å²) in [4.78, 5) is 15.0. The van der Waals surface area contributed by atoms with Gasteiger partial charge >= 0.3 is 0 Å². The molecule has 0 saturated carbocycles. The average Bonchev–Trinajstić information content (AvgIpc) is 2.34. The monoisotopic (exact) mass is 291 g/mol. The van der Waals surface area contributed by atoms with Crippen LogP contribution >= 0.6 is 11.8 Å². The topological polar surface area (TPSA) is 99.4 Å². The summed E-state index contributed by atoms with van der Waals surface area (Å²) in [6.07, 6.45) is -2.97. The number of aliphatic hydroxyl groups is 3. The van der Waals surface area contributed by atoms with E-state index in [1.807, 2.05) is 13.8 Å². The van der Waals surface area contributed by atoms with Crippen molar-refractivity contribution in [3.63, 3.8) is 0 Å². The summed E-state index contributed by atoms with van der Waals surface area (Å²) in [6.45, 7) is 4.96. The first kappa shape index (κ1) is 16.6. The molecule has 1 rings (SSSR count). The second kappa shape index (κ2) is 6.81. The molecule has 1 aliphatic rings. The minimum Gasteiger partial charge on any atom is -0.387 e. The smallest absolute Gasteiger partial charge is 0.242 e. The van der Waals surface area contributed by atoms with E-state index < -0.39 is 29.9 Å². The SMILES string of the molecule is CSC1OC(C(=NC(C)=O)C(C)C)C(O)C(O)C1O. The second-order valence-corrected chi connectivity index (χ2v) is 5.78. The van der Waals surface area contributed by atoms with Crippen LogP contribution in [0.1, 0.15) is 20.8 Å². The molecular weight excluding hydrogens is 270 g/mol. The van der Waals surface area contributed by atoms with Gasteiger partial charge in [0.15, 0.2) is 0 Å². The summed E-state index contributed by atoms with van der Waals surface area (Å²) >= 11 is 1.23. The minimum atomic E-state index is -1.33. The van der Waals surface area contributed by atoms with Crippen LogP contribution in [-0.2, 0) is 9.53 Å². The first-order valence-corrected chi connectivity index (χ1v) is 7.39. The third kappa shape index (κ3) is 3.76. The van der Waals surface area contributed by atoms with Crippen molar-refractivity contribution >= 4 is 23.4 Å². The van der Waals surface area contributed by atoms with Gasteiger partial charge in [-0.25, -0.2) is 4.99 Å². The summed E-state index contributed by atoms with van der Waals surface area (Å²) in [6, 6.07) is 0. The van der Waals surface area contributed by atoms with Gasteiger partial charge in [-0.2, -0.15) is 0 Å². The maximum atomic E-state index is 11.2. The van der Waals surface area contributed by atoms with Gasteiger partial charge in [-0.15, -0.1) is 11.8 Å². The van der Waals surface area contributed by atoms with E-state index in [0.29, 0.717) is 5.71 Å². The van der Waals surface area contributed by atoms with Crippen LogP contribution in [0.4, 0.5) is 0 Å². The summed E-state index contributed by atoms with van der Waals surface area (Å²) in [5.74, 6) is -0.505. The first-order valence-electron chi connectivity index (χ1n) is 6.11. The standard InChI is InChI=1S/C12H21NO5S/c1-5(2)7(13-6(3)14)11-9(16)8(15)10(17)12(18-11)19-4/h5,8-12,15-17H,1-4H3. The number of carbonyl (C=O) groups is 1. The molecule has 0 spiro atoms. The van der Waals surface area contributed by atoms with E-state index in [1.165, 1.54) is 18.7 Å². The highest BCUT2D eigenvalue weighted by Crippen LogP contribution is 2.29. The largest absolute Gasteiger partial charge is 0.387 e. The summed E-state index contributed by atoms with van der Waals surface area (Å²) in [5.41, 5.74) is -0.288. The van der Waals surface area contributed by atoms with E-state index >= 15 is 0 Å². The molecule has 0 aromatic rings. The van der Waals surface area contributed by atoms with E-state index in [-0.39, 0.29) is 11.8 Å². The number of rotatable bonds is 3. The van der Waals surface area contributed by atoms with Crippen LogP contribution in [0.15, 0.2) is 4.99 Å². The molecule has 1 heterocycles. The van der Waals surface area contributed by atoms with Crippen molar-refractivity contribution in [1.29, 1.82) is 0 Å². The van der Waals surface area contributed by atoms with E-state index in [2.05, 4.69) is 4.99 Å². The molecule has 1 amide bonds. The molecule has 1 fully saturated rings. The van der Waals surface area contributed by atoms with E-state index in [4.69, 9.17) is 4.74 Å². The molecule has 19 heavy (non-hydrogen) atoms. The van der Waals surface area contributed by atoms with Gasteiger partial charge in [-0.1, -0.05) is 13.8 Å². The zero-order valence-corrected chi connectivity index (χ0v) is 12.3. The predicted octanol–water partition coefficient (Wildman–Crippen LogP) is -0.200. The molecule has 5 unspecified atom stereocenters. The molecule has 0 bridgehead atoms. The van der Waals surface area contributed by atoms with Crippen molar-refractivity contribution in [3.05, 3.63) is 0 Å². The van der Waals surface area contributed by atoms with Gasteiger partial charge in [0.25, 0.3) is 0 Å². The van der Waals surface area contributed by atoms with Crippen molar-refractivity contribution < 1.29 is 24.9 Å². The number of thioether (sulfide) groups is 1. The van der Waals surface area contributed by atoms with Gasteiger partial charge in [0.2, 0.25) is 5.91 Å². The molecule has 0 aliphatic carbocycles. The third-order valence-corrected chi connectivity index (χ3v) is 3.83. The molecular formula is C12H21NO5S. The quantitative estimate of drug-likeness (QED) is 0.623. The minimum absolute atomic E-state index is 0.117. The maximum absolute atomic E-state index is 11.2. The van der Waals surface area contributed by atoms with Crippen molar-refractivity contribution in [2.45, 2.75) is 50.6 Å². The fourth-order valence-corrected chi connectivity index (χ4v) is 2.66. The Morgan fingerprint density at radius 3 is 2.21 bits per heavy atom. The first-order chi connectivity index (χ1) is 8.79. The molecule has 3 N–H and O–H groups in total. The summed E-state index contributed by atoms with van der Waals surface area (Å²) < 4.78 is 5.57. The highest BCUT2D eigenvalue weighted by atomic mass is 32.2. The van der Waals surface area contributed by atoms with Crippen molar-refractivity contribution in [3.8, 4) is 0 Å². The Morgan fingerprint density at radius 2 is 1.79 bits per heavy atom. The number of aliphatic hydroxyl groups excluding tert-OH is 3. The van der Waals surface area contributed by atoms with Gasteiger partial charge in [-0.05, 0) is 12.2 Å². The molecule has 110 valence electrons. The van der Waals surface area contributed by atoms with E-state index in [9.17, 15) is 20.1 Å². The Hall–Kier alpha value is -0.470. The van der Waals surface area contributed by atoms with Crippen LogP contribution in [0, 0.1) is 5.92 Å². The average molecular weight is 291 g/mol. The summed E-state index contributed by atoms with van der Waals surface area (Å²) in [7, 11) is 0. The number of amides is 1. The van der Waals surface area contributed by atoms with Crippen LogP contribution in [0.25, 0.3) is 0 Å². The number of carbonyl (C=O) groups excluding carboxylic acids is 1. The maximum Gasteiger partial charge on any atom is 0.242 e. The Bertz CT molecular complexity index is 358.